The maximum atomic E-state index is 12.4. The summed E-state index contributed by atoms with van der Waals surface area (Å²) < 4.78 is 10.4. The van der Waals surface area contributed by atoms with Crippen molar-refractivity contribution < 1.29 is 19.1 Å². The summed E-state index contributed by atoms with van der Waals surface area (Å²) in [5.41, 5.74) is 4.31. The number of amides is 2. The van der Waals surface area contributed by atoms with Crippen LogP contribution in [0.1, 0.15) is 41.5 Å². The molecule has 0 aliphatic rings. The minimum absolute atomic E-state index is 0.136. The van der Waals surface area contributed by atoms with Crippen molar-refractivity contribution in [2.45, 2.75) is 58.7 Å². The minimum Gasteiger partial charge on any atom is -0.444 e. The monoisotopic (exact) mass is 317 g/mol. The van der Waals surface area contributed by atoms with Gasteiger partial charge in [0.15, 0.2) is 0 Å². The number of nitrogens with zero attached hydrogens (tertiary/aromatic N) is 1. The average molecular weight is 317 g/mol. The van der Waals surface area contributed by atoms with E-state index in [9.17, 15) is 9.59 Å². The second-order valence-corrected chi connectivity index (χ2v) is 7.16. The summed E-state index contributed by atoms with van der Waals surface area (Å²) in [5, 5.41) is 2.99. The first-order valence-electron chi connectivity index (χ1n) is 7.40. The van der Waals surface area contributed by atoms with Crippen LogP contribution >= 0.6 is 0 Å². The van der Waals surface area contributed by atoms with E-state index >= 15 is 0 Å². The highest BCUT2D eigenvalue weighted by atomic mass is 16.6. The molecule has 0 radical (unpaired) electrons. The van der Waals surface area contributed by atoms with Gasteiger partial charge in [0.1, 0.15) is 11.6 Å². The molecule has 3 N–H and O–H groups in total. The number of ether oxygens (including phenoxy) is 2. The number of nitrogens with one attached hydrogen (secondary N) is 1. The molecule has 7 nitrogen and oxygen atoms in total. The van der Waals surface area contributed by atoms with E-state index in [1.807, 2.05) is 20.8 Å². The molecule has 0 aliphatic carbocycles. The molecule has 2 amide bonds. The van der Waals surface area contributed by atoms with E-state index in [0.29, 0.717) is 13.2 Å². The molecule has 0 saturated heterocycles. The topological polar surface area (TPSA) is 93.9 Å². The van der Waals surface area contributed by atoms with Gasteiger partial charge in [0.2, 0.25) is 5.91 Å². The van der Waals surface area contributed by atoms with E-state index < -0.39 is 29.2 Å². The van der Waals surface area contributed by atoms with Gasteiger partial charge >= 0.3 is 6.09 Å². The van der Waals surface area contributed by atoms with Crippen molar-refractivity contribution in [1.29, 1.82) is 0 Å². The van der Waals surface area contributed by atoms with Crippen molar-refractivity contribution in [3.8, 4) is 0 Å². The Kier molecular flexibility index (Phi) is 7.83. The molecule has 22 heavy (non-hydrogen) atoms. The molecular formula is C15H31N3O4. The zero-order chi connectivity index (χ0) is 17.6. The SMILES string of the molecule is COCCNC(CN(C(=O)OC(C)(C)C)C(C)(C)C)C(N)=O. The normalized spacial score (nSPS) is 13.6. The van der Waals surface area contributed by atoms with Gasteiger partial charge in [0, 0.05) is 25.7 Å². The number of primary amides is 1. The van der Waals surface area contributed by atoms with Crippen molar-refractivity contribution in [1.82, 2.24) is 10.2 Å². The average Bonchev–Trinajstić information content (AvgIpc) is 2.28. The van der Waals surface area contributed by atoms with Crippen molar-refractivity contribution >= 4 is 12.0 Å². The highest BCUT2D eigenvalue weighted by molar-refractivity contribution is 5.81. The summed E-state index contributed by atoms with van der Waals surface area (Å²) in [6.07, 6.45) is -0.472. The van der Waals surface area contributed by atoms with Crippen LogP contribution in [0.3, 0.4) is 0 Å². The summed E-state index contributed by atoms with van der Waals surface area (Å²) >= 11 is 0. The quantitative estimate of drug-likeness (QED) is 0.686. The molecule has 0 spiro atoms. The Labute approximate surface area is 133 Å². The third-order valence-electron chi connectivity index (χ3n) is 2.83. The fourth-order valence-corrected chi connectivity index (χ4v) is 1.71. The Hall–Kier alpha value is -1.34. The number of rotatable bonds is 7. The number of nitrogens with two attached hydrogens (primary N) is 1. The lowest BCUT2D eigenvalue weighted by Crippen LogP contribution is -2.56. The van der Waals surface area contributed by atoms with Crippen LogP contribution in [0.25, 0.3) is 0 Å². The first-order chi connectivity index (χ1) is 9.88. The van der Waals surface area contributed by atoms with E-state index in [-0.39, 0.29) is 6.54 Å². The van der Waals surface area contributed by atoms with Crippen LogP contribution in [-0.2, 0) is 14.3 Å². The number of carbonyl (C=O) groups excluding carboxylic acids is 2. The maximum absolute atomic E-state index is 12.4. The smallest absolute Gasteiger partial charge is 0.410 e. The third-order valence-corrected chi connectivity index (χ3v) is 2.83. The second-order valence-electron chi connectivity index (χ2n) is 7.16. The van der Waals surface area contributed by atoms with Crippen LogP contribution in [-0.4, -0.2) is 60.9 Å². The number of hydrogen-bond donors (Lipinski definition) is 2. The van der Waals surface area contributed by atoms with Crippen LogP contribution in [0.2, 0.25) is 0 Å². The van der Waals surface area contributed by atoms with E-state index in [1.54, 1.807) is 27.9 Å². The Balaban J connectivity index is 5.02. The molecule has 1 atom stereocenters. The first kappa shape index (κ1) is 20.7. The first-order valence-corrected chi connectivity index (χ1v) is 7.40. The minimum atomic E-state index is -0.665. The molecule has 1 unspecified atom stereocenters. The van der Waals surface area contributed by atoms with Gasteiger partial charge in [-0.2, -0.15) is 0 Å². The van der Waals surface area contributed by atoms with Crippen molar-refractivity contribution in [2.24, 2.45) is 5.73 Å². The predicted octanol–water partition coefficient (Wildman–Crippen LogP) is 1.11. The molecule has 0 bridgehead atoms. The van der Waals surface area contributed by atoms with Crippen LogP contribution in [0.5, 0.6) is 0 Å². The largest absolute Gasteiger partial charge is 0.444 e. The molecule has 0 aromatic carbocycles. The summed E-state index contributed by atoms with van der Waals surface area (Å²) in [6.45, 7) is 12.1. The summed E-state index contributed by atoms with van der Waals surface area (Å²) in [7, 11) is 1.57. The van der Waals surface area contributed by atoms with Crippen molar-refractivity contribution in [3.05, 3.63) is 0 Å². The Bertz CT molecular complexity index is 372. The molecule has 130 valence electrons. The zero-order valence-electron chi connectivity index (χ0n) is 14.9. The lowest BCUT2D eigenvalue weighted by Gasteiger charge is -2.38. The summed E-state index contributed by atoms with van der Waals surface area (Å²) in [5.74, 6) is -0.520. The van der Waals surface area contributed by atoms with E-state index in [1.165, 1.54) is 4.90 Å². The Morgan fingerprint density at radius 2 is 1.73 bits per heavy atom. The predicted molar refractivity (Wildman–Crippen MR) is 85.6 cm³/mol. The highest BCUT2D eigenvalue weighted by Crippen LogP contribution is 2.18. The summed E-state index contributed by atoms with van der Waals surface area (Å²) in [4.78, 5) is 25.5. The van der Waals surface area contributed by atoms with Gasteiger partial charge in [0.25, 0.3) is 0 Å². The van der Waals surface area contributed by atoms with Gasteiger partial charge in [-0.15, -0.1) is 0 Å². The lowest BCUT2D eigenvalue weighted by atomic mass is 10.1. The van der Waals surface area contributed by atoms with Crippen molar-refractivity contribution in [2.75, 3.05) is 26.8 Å². The van der Waals surface area contributed by atoms with Crippen LogP contribution < -0.4 is 11.1 Å². The standard InChI is InChI=1S/C15H31N3O4/c1-14(2,3)18(13(20)22-15(4,5)6)10-11(12(16)19)17-8-9-21-7/h11,17H,8-10H2,1-7H3,(H2,16,19). The van der Waals surface area contributed by atoms with Gasteiger partial charge < -0.3 is 25.4 Å². The number of carbonyl (C=O) groups is 2. The molecule has 7 heteroatoms. The molecule has 0 aromatic rings. The third kappa shape index (κ3) is 8.19. The molecule has 0 heterocycles. The fourth-order valence-electron chi connectivity index (χ4n) is 1.71. The molecule has 0 rings (SSSR count). The maximum Gasteiger partial charge on any atom is 0.410 e. The van der Waals surface area contributed by atoms with Crippen LogP contribution in [0, 0.1) is 0 Å². The summed E-state index contributed by atoms with van der Waals surface area (Å²) in [6, 6.07) is -0.665. The molecule has 0 saturated carbocycles. The van der Waals surface area contributed by atoms with Crippen LogP contribution in [0.15, 0.2) is 0 Å². The molecule has 0 fully saturated rings. The number of methoxy groups -OCH3 is 1. The Morgan fingerprint density at radius 3 is 2.09 bits per heavy atom. The number of hydrogen-bond acceptors (Lipinski definition) is 5. The van der Waals surface area contributed by atoms with Gasteiger partial charge in [-0.05, 0) is 41.5 Å². The highest BCUT2D eigenvalue weighted by Gasteiger charge is 2.33. The molecular weight excluding hydrogens is 286 g/mol. The Morgan fingerprint density at radius 1 is 1.18 bits per heavy atom. The van der Waals surface area contributed by atoms with Crippen LogP contribution in [0.4, 0.5) is 4.79 Å². The van der Waals surface area contributed by atoms with Gasteiger partial charge in [-0.1, -0.05) is 0 Å². The molecule has 0 aromatic heterocycles. The second kappa shape index (κ2) is 8.33. The van der Waals surface area contributed by atoms with E-state index in [2.05, 4.69) is 5.32 Å². The fraction of sp³-hybridized carbons (Fsp3) is 0.867. The van der Waals surface area contributed by atoms with E-state index in [4.69, 9.17) is 15.2 Å². The van der Waals surface area contributed by atoms with Crippen molar-refractivity contribution in [3.63, 3.8) is 0 Å². The van der Waals surface area contributed by atoms with Gasteiger partial charge in [-0.3, -0.25) is 4.79 Å². The van der Waals surface area contributed by atoms with Gasteiger partial charge in [-0.25, -0.2) is 4.79 Å². The molecule has 0 aliphatic heterocycles. The zero-order valence-corrected chi connectivity index (χ0v) is 14.9. The lowest BCUT2D eigenvalue weighted by molar-refractivity contribution is -0.120. The van der Waals surface area contributed by atoms with E-state index in [0.717, 1.165) is 0 Å². The van der Waals surface area contributed by atoms with Gasteiger partial charge in [0.05, 0.1) is 6.61 Å².